The van der Waals surface area contributed by atoms with Gasteiger partial charge in [-0.3, -0.25) is 9.59 Å². The fourth-order valence-corrected chi connectivity index (χ4v) is 3.46. The quantitative estimate of drug-likeness (QED) is 0.448. The number of hydrogen-bond donors (Lipinski definition) is 3. The molecule has 1 aliphatic carbocycles. The Balaban J connectivity index is 1.33. The van der Waals surface area contributed by atoms with Crippen molar-refractivity contribution in [1.82, 2.24) is 20.6 Å². The number of aliphatic hydroxyl groups is 1. The second kappa shape index (κ2) is 9.96. The summed E-state index contributed by atoms with van der Waals surface area (Å²) in [7, 11) is 0. The van der Waals surface area contributed by atoms with Crippen LogP contribution in [0.1, 0.15) is 52.9 Å². The Bertz CT molecular complexity index is 1170. The average molecular weight is 464 g/mol. The van der Waals surface area contributed by atoms with Gasteiger partial charge in [0.25, 0.3) is 5.91 Å². The predicted molar refractivity (Wildman–Crippen MR) is 122 cm³/mol. The van der Waals surface area contributed by atoms with E-state index in [-0.39, 0.29) is 18.4 Å². The van der Waals surface area contributed by atoms with E-state index in [1.807, 2.05) is 0 Å². The van der Waals surface area contributed by atoms with Crippen LogP contribution >= 0.6 is 0 Å². The molecule has 0 saturated heterocycles. The minimum atomic E-state index is -0.906. The van der Waals surface area contributed by atoms with E-state index in [2.05, 4.69) is 20.6 Å². The zero-order valence-corrected chi connectivity index (χ0v) is 18.6. The van der Waals surface area contributed by atoms with Gasteiger partial charge in [0.1, 0.15) is 30.0 Å². The Morgan fingerprint density at radius 1 is 1.15 bits per heavy atom. The molecule has 176 valence electrons. The summed E-state index contributed by atoms with van der Waals surface area (Å²) in [4.78, 5) is 32.7. The highest BCUT2D eigenvalue weighted by Gasteiger charge is 2.51. The van der Waals surface area contributed by atoms with Gasteiger partial charge < -0.3 is 20.5 Å². The lowest BCUT2D eigenvalue weighted by Gasteiger charge is -2.17. The van der Waals surface area contributed by atoms with Crippen LogP contribution in [0.25, 0.3) is 0 Å². The Morgan fingerprint density at radius 3 is 2.47 bits per heavy atom. The number of alkyl halides is 1. The molecule has 4 rings (SSSR count). The first kappa shape index (κ1) is 23.3. The number of benzene rings is 2. The molecular formula is C25H25FN4O4. The molecule has 0 radical (unpaired) electrons. The number of ether oxygens (including phenoxy) is 1. The molecule has 0 spiro atoms. The standard InChI is InChI=1S/C25H25FN4O4/c1-16(31)18-4-7-22(19(10-18)11-26)34-21-5-2-17(3-6-21)12-29-24(33)25(8-9-25)30-23(32)20-13-27-15-28-14-20/h2-7,10,13-16,31H,8-9,11-12H2,1H3,(H,29,33)(H,30,32). The van der Waals surface area contributed by atoms with Gasteiger partial charge >= 0.3 is 0 Å². The maximum absolute atomic E-state index is 13.4. The number of hydrogen-bond acceptors (Lipinski definition) is 6. The van der Waals surface area contributed by atoms with Gasteiger partial charge in [-0.05, 0) is 55.2 Å². The lowest BCUT2D eigenvalue weighted by Crippen LogP contribution is -2.48. The van der Waals surface area contributed by atoms with E-state index in [0.29, 0.717) is 41.0 Å². The minimum Gasteiger partial charge on any atom is -0.457 e. The van der Waals surface area contributed by atoms with Gasteiger partial charge in [0.05, 0.1) is 11.7 Å². The van der Waals surface area contributed by atoms with Crippen molar-refractivity contribution in [2.45, 2.75) is 44.6 Å². The maximum Gasteiger partial charge on any atom is 0.255 e. The lowest BCUT2D eigenvalue weighted by molar-refractivity contribution is -0.124. The molecular weight excluding hydrogens is 439 g/mol. The Kier molecular flexibility index (Phi) is 6.83. The van der Waals surface area contributed by atoms with Gasteiger partial charge in [0.2, 0.25) is 5.91 Å². The van der Waals surface area contributed by atoms with Crippen molar-refractivity contribution in [1.29, 1.82) is 0 Å². The first-order chi connectivity index (χ1) is 16.4. The van der Waals surface area contributed by atoms with Crippen LogP contribution in [0.15, 0.2) is 61.2 Å². The summed E-state index contributed by atoms with van der Waals surface area (Å²) in [6, 6.07) is 12.0. The monoisotopic (exact) mass is 464 g/mol. The third-order valence-corrected chi connectivity index (χ3v) is 5.68. The number of nitrogens with one attached hydrogen (secondary N) is 2. The van der Waals surface area contributed by atoms with Gasteiger partial charge in [-0.1, -0.05) is 18.2 Å². The molecule has 1 atom stereocenters. The van der Waals surface area contributed by atoms with Crippen LogP contribution in [0.3, 0.4) is 0 Å². The van der Waals surface area contributed by atoms with E-state index in [1.165, 1.54) is 18.7 Å². The first-order valence-corrected chi connectivity index (χ1v) is 10.9. The first-order valence-electron chi connectivity index (χ1n) is 10.9. The molecule has 1 fully saturated rings. The Labute approximate surface area is 196 Å². The van der Waals surface area contributed by atoms with Crippen molar-refractivity contribution in [3.05, 3.63) is 83.4 Å². The van der Waals surface area contributed by atoms with E-state index in [1.54, 1.807) is 49.4 Å². The van der Waals surface area contributed by atoms with Crippen LogP contribution in [0.5, 0.6) is 11.5 Å². The minimum absolute atomic E-state index is 0.246. The number of aliphatic hydroxyl groups excluding tert-OH is 1. The Hall–Kier alpha value is -3.85. The lowest BCUT2D eigenvalue weighted by atomic mass is 10.1. The fourth-order valence-electron chi connectivity index (χ4n) is 3.46. The summed E-state index contributed by atoms with van der Waals surface area (Å²) in [5, 5.41) is 15.3. The second-order valence-electron chi connectivity index (χ2n) is 8.27. The van der Waals surface area contributed by atoms with Crippen LogP contribution in [-0.2, 0) is 18.0 Å². The molecule has 1 saturated carbocycles. The largest absolute Gasteiger partial charge is 0.457 e. The van der Waals surface area contributed by atoms with Gasteiger partial charge in [0.15, 0.2) is 0 Å². The van der Waals surface area contributed by atoms with E-state index in [9.17, 15) is 19.1 Å². The van der Waals surface area contributed by atoms with E-state index < -0.39 is 18.3 Å². The second-order valence-corrected chi connectivity index (χ2v) is 8.27. The molecule has 8 nitrogen and oxygen atoms in total. The molecule has 1 unspecified atom stereocenters. The molecule has 3 aromatic rings. The Morgan fingerprint density at radius 2 is 1.85 bits per heavy atom. The highest BCUT2D eigenvalue weighted by atomic mass is 19.1. The number of nitrogens with zero attached hydrogens (tertiary/aromatic N) is 2. The highest BCUT2D eigenvalue weighted by molar-refractivity contribution is 6.00. The van der Waals surface area contributed by atoms with Gasteiger partial charge in [-0.25, -0.2) is 14.4 Å². The van der Waals surface area contributed by atoms with Crippen LogP contribution in [-0.4, -0.2) is 32.4 Å². The summed E-state index contributed by atoms with van der Waals surface area (Å²) in [5.74, 6) is 0.265. The molecule has 9 heteroatoms. The molecule has 34 heavy (non-hydrogen) atoms. The topological polar surface area (TPSA) is 113 Å². The molecule has 1 aliphatic rings. The predicted octanol–water partition coefficient (Wildman–Crippen LogP) is 3.37. The molecule has 0 aliphatic heterocycles. The number of amides is 2. The van der Waals surface area contributed by atoms with E-state index >= 15 is 0 Å². The zero-order valence-electron chi connectivity index (χ0n) is 18.6. The number of halogens is 1. The molecule has 0 bridgehead atoms. The SMILES string of the molecule is CC(O)c1ccc(Oc2ccc(CNC(=O)C3(NC(=O)c4cncnc4)CC3)cc2)c(CF)c1. The van der Waals surface area contributed by atoms with E-state index in [4.69, 9.17) is 4.74 Å². The number of rotatable bonds is 9. The third kappa shape index (κ3) is 5.37. The fraction of sp³-hybridized carbons (Fsp3) is 0.280. The summed E-state index contributed by atoms with van der Waals surface area (Å²) in [6.07, 6.45) is 4.57. The summed E-state index contributed by atoms with van der Waals surface area (Å²) >= 11 is 0. The van der Waals surface area contributed by atoms with Gasteiger partial charge in [0, 0.05) is 24.5 Å². The highest BCUT2D eigenvalue weighted by Crippen LogP contribution is 2.36. The van der Waals surface area contributed by atoms with Crippen molar-refractivity contribution in [3.63, 3.8) is 0 Å². The van der Waals surface area contributed by atoms with Crippen LogP contribution in [0.2, 0.25) is 0 Å². The average Bonchev–Trinajstić information content (AvgIpc) is 3.64. The number of carbonyl (C=O) groups excluding carboxylic acids is 2. The van der Waals surface area contributed by atoms with Gasteiger partial charge in [-0.15, -0.1) is 0 Å². The van der Waals surface area contributed by atoms with Crippen molar-refractivity contribution in [3.8, 4) is 11.5 Å². The van der Waals surface area contributed by atoms with Gasteiger partial charge in [-0.2, -0.15) is 0 Å². The molecule has 3 N–H and O–H groups in total. The molecule has 1 heterocycles. The van der Waals surface area contributed by atoms with E-state index in [0.717, 1.165) is 5.56 Å². The van der Waals surface area contributed by atoms with Crippen LogP contribution in [0, 0.1) is 0 Å². The zero-order chi connectivity index (χ0) is 24.1. The maximum atomic E-state index is 13.4. The molecule has 1 aromatic heterocycles. The van der Waals surface area contributed by atoms with Crippen molar-refractivity contribution in [2.75, 3.05) is 0 Å². The number of aromatic nitrogens is 2. The van der Waals surface area contributed by atoms with Crippen LogP contribution < -0.4 is 15.4 Å². The normalized spacial score (nSPS) is 14.7. The van der Waals surface area contributed by atoms with Crippen molar-refractivity contribution < 1.29 is 23.8 Å². The molecule has 2 amide bonds. The van der Waals surface area contributed by atoms with Crippen LogP contribution in [0.4, 0.5) is 4.39 Å². The molecule has 2 aromatic carbocycles. The van der Waals surface area contributed by atoms with Crippen molar-refractivity contribution >= 4 is 11.8 Å². The summed E-state index contributed by atoms with van der Waals surface area (Å²) in [6.45, 7) is 1.19. The smallest absolute Gasteiger partial charge is 0.255 e. The third-order valence-electron chi connectivity index (χ3n) is 5.68. The summed E-state index contributed by atoms with van der Waals surface area (Å²) < 4.78 is 19.2. The number of carbonyl (C=O) groups is 2. The van der Waals surface area contributed by atoms with Crippen molar-refractivity contribution in [2.24, 2.45) is 0 Å². The summed E-state index contributed by atoms with van der Waals surface area (Å²) in [5.41, 5.74) is 1.21.